The fourth-order valence-electron chi connectivity index (χ4n) is 2.90. The van der Waals surface area contributed by atoms with Gasteiger partial charge in [0.05, 0.1) is 18.8 Å². The number of para-hydroxylation sites is 1. The molecule has 1 aromatic carbocycles. The Morgan fingerprint density at radius 2 is 1.80 bits per heavy atom. The summed E-state index contributed by atoms with van der Waals surface area (Å²) in [6.45, 7) is 7.39. The van der Waals surface area contributed by atoms with Crippen LogP contribution in [0.5, 0.6) is 0 Å². The van der Waals surface area contributed by atoms with Crippen molar-refractivity contribution in [3.63, 3.8) is 0 Å². The molecular formula is C14H20N5S+. The van der Waals surface area contributed by atoms with Crippen molar-refractivity contribution in [1.82, 2.24) is 19.8 Å². The number of rotatable bonds is 3. The zero-order valence-corrected chi connectivity index (χ0v) is 12.8. The van der Waals surface area contributed by atoms with E-state index in [1.807, 2.05) is 4.68 Å². The third-order valence-corrected chi connectivity index (χ3v) is 4.36. The summed E-state index contributed by atoms with van der Waals surface area (Å²) in [5.74, 6) is 0. The summed E-state index contributed by atoms with van der Waals surface area (Å²) < 4.78 is 4.32. The Bertz CT molecular complexity index is 646. The highest BCUT2D eigenvalue weighted by Crippen LogP contribution is 2.17. The number of benzene rings is 1. The Kier molecular flexibility index (Phi) is 3.67. The lowest BCUT2D eigenvalue weighted by molar-refractivity contribution is -0.911. The highest BCUT2D eigenvalue weighted by molar-refractivity contribution is 7.71. The van der Waals surface area contributed by atoms with Crippen LogP contribution in [0.15, 0.2) is 18.2 Å². The summed E-state index contributed by atoms with van der Waals surface area (Å²) in [6, 6.07) is 6.21. The normalized spacial score (nSPS) is 15.9. The van der Waals surface area contributed by atoms with E-state index in [0.29, 0.717) is 4.77 Å². The van der Waals surface area contributed by atoms with E-state index in [-0.39, 0.29) is 0 Å². The number of nitrogens with zero attached hydrogens (tertiary/aromatic N) is 4. The minimum absolute atomic E-state index is 0.682. The minimum atomic E-state index is 0.682. The molecule has 0 atom stereocenters. The number of nitrogens with one attached hydrogen (secondary N) is 1. The maximum absolute atomic E-state index is 5.55. The van der Waals surface area contributed by atoms with Gasteiger partial charge in [0.2, 0.25) is 4.77 Å². The molecule has 1 fully saturated rings. The number of likely N-dealkylation sites (tertiary alicyclic amines) is 1. The predicted octanol–water partition coefficient (Wildman–Crippen LogP) is 1.05. The lowest BCUT2D eigenvalue weighted by Crippen LogP contribution is -3.09. The SMILES string of the molecule is Cc1cccc(C)c1-n1nnn(C[NH+]2CCCC2)c1=S. The fourth-order valence-corrected chi connectivity index (χ4v) is 3.13. The smallest absolute Gasteiger partial charge is 0.225 e. The van der Waals surface area contributed by atoms with Gasteiger partial charge in [0.15, 0.2) is 6.67 Å². The van der Waals surface area contributed by atoms with E-state index in [9.17, 15) is 0 Å². The molecule has 20 heavy (non-hydrogen) atoms. The second kappa shape index (κ2) is 5.46. The molecule has 0 saturated carbocycles. The van der Waals surface area contributed by atoms with Gasteiger partial charge in [-0.05, 0) is 47.6 Å². The van der Waals surface area contributed by atoms with Gasteiger partial charge in [0.1, 0.15) is 0 Å². The van der Waals surface area contributed by atoms with Crippen LogP contribution < -0.4 is 4.90 Å². The van der Waals surface area contributed by atoms with Gasteiger partial charge in [0.25, 0.3) is 0 Å². The molecule has 0 unspecified atom stereocenters. The van der Waals surface area contributed by atoms with Crippen LogP contribution in [0, 0.1) is 18.6 Å². The van der Waals surface area contributed by atoms with Gasteiger partial charge in [-0.2, -0.15) is 9.36 Å². The van der Waals surface area contributed by atoms with E-state index >= 15 is 0 Å². The summed E-state index contributed by atoms with van der Waals surface area (Å²) in [5, 5.41) is 8.50. The molecule has 2 heterocycles. The average Bonchev–Trinajstić information content (AvgIpc) is 3.03. The predicted molar refractivity (Wildman–Crippen MR) is 79.6 cm³/mol. The van der Waals surface area contributed by atoms with Gasteiger partial charge in [-0.25, -0.2) is 0 Å². The van der Waals surface area contributed by atoms with E-state index in [2.05, 4.69) is 42.5 Å². The molecule has 1 N–H and O–H groups in total. The van der Waals surface area contributed by atoms with Crippen molar-refractivity contribution in [3.8, 4) is 5.69 Å². The Balaban J connectivity index is 1.96. The Labute approximate surface area is 123 Å². The zero-order chi connectivity index (χ0) is 14.1. The lowest BCUT2D eigenvalue weighted by atomic mass is 10.1. The van der Waals surface area contributed by atoms with Crippen LogP contribution in [-0.4, -0.2) is 32.9 Å². The summed E-state index contributed by atoms with van der Waals surface area (Å²) in [6.07, 6.45) is 2.60. The van der Waals surface area contributed by atoms with Crippen molar-refractivity contribution in [3.05, 3.63) is 34.1 Å². The molecule has 1 saturated heterocycles. The molecule has 0 radical (unpaired) electrons. The summed E-state index contributed by atoms with van der Waals surface area (Å²) in [5.41, 5.74) is 3.39. The summed E-state index contributed by atoms with van der Waals surface area (Å²) >= 11 is 5.55. The van der Waals surface area contributed by atoms with E-state index in [4.69, 9.17) is 12.2 Å². The summed E-state index contributed by atoms with van der Waals surface area (Å²) in [7, 11) is 0. The van der Waals surface area contributed by atoms with Crippen molar-refractivity contribution in [1.29, 1.82) is 0 Å². The number of hydrogen-bond acceptors (Lipinski definition) is 3. The fraction of sp³-hybridized carbons (Fsp3) is 0.500. The van der Waals surface area contributed by atoms with Crippen LogP contribution in [0.3, 0.4) is 0 Å². The topological polar surface area (TPSA) is 40.1 Å². The third-order valence-electron chi connectivity index (χ3n) is 3.97. The monoisotopic (exact) mass is 290 g/mol. The molecule has 1 aliphatic rings. The van der Waals surface area contributed by atoms with Crippen LogP contribution >= 0.6 is 12.2 Å². The molecule has 0 aliphatic carbocycles. The van der Waals surface area contributed by atoms with Gasteiger partial charge in [0, 0.05) is 12.8 Å². The van der Waals surface area contributed by atoms with E-state index in [1.54, 1.807) is 4.68 Å². The number of aryl methyl sites for hydroxylation is 2. The number of quaternary nitrogens is 1. The van der Waals surface area contributed by atoms with Gasteiger partial charge in [-0.1, -0.05) is 18.2 Å². The maximum Gasteiger partial charge on any atom is 0.225 e. The van der Waals surface area contributed by atoms with Crippen molar-refractivity contribution >= 4 is 12.2 Å². The second-order valence-electron chi connectivity index (χ2n) is 5.53. The molecule has 2 aromatic rings. The molecule has 5 nitrogen and oxygen atoms in total. The van der Waals surface area contributed by atoms with Gasteiger partial charge >= 0.3 is 0 Å². The molecule has 0 bridgehead atoms. The Hall–Kier alpha value is -1.53. The first-order valence-corrected chi connectivity index (χ1v) is 7.50. The van der Waals surface area contributed by atoms with Crippen molar-refractivity contribution < 1.29 is 4.90 Å². The lowest BCUT2D eigenvalue weighted by Gasteiger charge is -2.11. The Morgan fingerprint density at radius 3 is 2.45 bits per heavy atom. The second-order valence-corrected chi connectivity index (χ2v) is 5.89. The van der Waals surface area contributed by atoms with E-state index < -0.39 is 0 Å². The first-order chi connectivity index (χ1) is 9.66. The van der Waals surface area contributed by atoms with E-state index in [0.717, 1.165) is 12.4 Å². The number of aromatic nitrogens is 4. The van der Waals surface area contributed by atoms with Crippen LogP contribution in [0.1, 0.15) is 24.0 Å². The number of hydrogen-bond donors (Lipinski definition) is 1. The molecule has 0 amide bonds. The minimum Gasteiger partial charge on any atom is -0.316 e. The van der Waals surface area contributed by atoms with Gasteiger partial charge < -0.3 is 4.90 Å². The number of tetrazole rings is 1. The Morgan fingerprint density at radius 1 is 1.15 bits per heavy atom. The molecule has 6 heteroatoms. The highest BCUT2D eigenvalue weighted by atomic mass is 32.1. The van der Waals surface area contributed by atoms with Crippen molar-refractivity contribution in [2.24, 2.45) is 0 Å². The molecule has 106 valence electrons. The molecular weight excluding hydrogens is 270 g/mol. The summed E-state index contributed by atoms with van der Waals surface area (Å²) in [4.78, 5) is 1.54. The maximum atomic E-state index is 5.55. The average molecular weight is 290 g/mol. The quantitative estimate of drug-likeness (QED) is 0.859. The van der Waals surface area contributed by atoms with Crippen LogP contribution in [-0.2, 0) is 6.67 Å². The molecule has 1 aromatic heterocycles. The van der Waals surface area contributed by atoms with Crippen molar-refractivity contribution in [2.45, 2.75) is 33.4 Å². The van der Waals surface area contributed by atoms with Crippen molar-refractivity contribution in [2.75, 3.05) is 13.1 Å². The van der Waals surface area contributed by atoms with Gasteiger partial charge in [-0.15, -0.1) is 0 Å². The first kappa shape index (κ1) is 13.5. The molecule has 1 aliphatic heterocycles. The molecule has 3 rings (SSSR count). The third kappa shape index (κ3) is 2.41. The molecule has 0 spiro atoms. The largest absolute Gasteiger partial charge is 0.316 e. The van der Waals surface area contributed by atoms with Crippen LogP contribution in [0.25, 0.3) is 5.69 Å². The van der Waals surface area contributed by atoms with E-state index in [1.165, 1.54) is 42.0 Å². The standard InChI is InChI=1S/C14H19N5S/c1-11-6-5-7-12(2)13(11)19-14(20)18(15-16-19)10-17-8-3-4-9-17/h5-7H,3-4,8-10H2,1-2H3/p+1. The van der Waals surface area contributed by atoms with Crippen LogP contribution in [0.2, 0.25) is 0 Å². The highest BCUT2D eigenvalue weighted by Gasteiger charge is 2.18. The van der Waals surface area contributed by atoms with Gasteiger partial charge in [-0.3, -0.25) is 0 Å². The van der Waals surface area contributed by atoms with Crippen LogP contribution in [0.4, 0.5) is 0 Å². The zero-order valence-electron chi connectivity index (χ0n) is 12.0. The first-order valence-electron chi connectivity index (χ1n) is 7.10.